The number of aryl methyl sites for hydroxylation is 1. The molecule has 1 aromatic carbocycles. The van der Waals surface area contributed by atoms with Crippen molar-refractivity contribution < 1.29 is 47.7 Å². The van der Waals surface area contributed by atoms with Gasteiger partial charge in [0, 0.05) is 39.3 Å². The van der Waals surface area contributed by atoms with E-state index in [1.807, 2.05) is 6.07 Å². The first-order valence-corrected chi connectivity index (χ1v) is 7.08. The fourth-order valence-electron chi connectivity index (χ4n) is 2.77. The van der Waals surface area contributed by atoms with E-state index in [1.165, 1.54) is 17.0 Å². The first kappa shape index (κ1) is 21.6. The molecule has 4 nitrogen and oxygen atoms in total. The van der Waals surface area contributed by atoms with Crippen LogP contribution in [0, 0.1) is 26.2 Å². The zero-order chi connectivity index (χ0) is 14.5. The van der Waals surface area contributed by atoms with Gasteiger partial charge in [0.2, 0.25) is 0 Å². The van der Waals surface area contributed by atoms with Gasteiger partial charge in [-0.15, -0.1) is 12.1 Å². The number of hydrogen-bond donors (Lipinski definition) is 2. The predicted molar refractivity (Wildman–Crippen MR) is 83.8 cm³/mol. The second kappa shape index (κ2) is 10.4. The Morgan fingerprint density at radius 1 is 1.32 bits per heavy atom. The molecule has 1 aromatic rings. The maximum absolute atomic E-state index is 10.9. The summed E-state index contributed by atoms with van der Waals surface area (Å²) in [5.74, 6) is -0.133. The molecule has 0 aromatic heterocycles. The molecular weight excluding hydrogens is 355 g/mol. The molecule has 22 heavy (non-hydrogen) atoms. The molecule has 1 heterocycles. The number of likely N-dealkylation sites (tertiary alicyclic amines) is 1. The van der Waals surface area contributed by atoms with Crippen LogP contribution in [0.3, 0.4) is 0 Å². The van der Waals surface area contributed by atoms with Gasteiger partial charge in [-0.05, 0) is 13.1 Å². The van der Waals surface area contributed by atoms with Gasteiger partial charge in [0.15, 0.2) is 0 Å². The fourth-order valence-corrected chi connectivity index (χ4v) is 2.77. The van der Waals surface area contributed by atoms with Gasteiger partial charge >= 0.3 is 5.97 Å². The minimum Gasteiger partial charge on any atom is -0.481 e. The van der Waals surface area contributed by atoms with E-state index in [9.17, 15) is 4.79 Å². The molecule has 2 rings (SSSR count). The number of aliphatic carboxylic acids is 1. The number of piperidine rings is 1. The Labute approximate surface area is 158 Å². The summed E-state index contributed by atoms with van der Waals surface area (Å²) in [4.78, 5) is 13.1. The van der Waals surface area contributed by atoms with Crippen LogP contribution in [0.5, 0.6) is 0 Å². The molecule has 1 aliphatic rings. The molecule has 1 saturated heterocycles. The van der Waals surface area contributed by atoms with Gasteiger partial charge in [0.05, 0.1) is 12.5 Å². The van der Waals surface area contributed by atoms with E-state index >= 15 is 0 Å². The van der Waals surface area contributed by atoms with Gasteiger partial charge in [-0.2, -0.15) is 23.1 Å². The van der Waals surface area contributed by atoms with Crippen LogP contribution in [0.4, 0.5) is 0 Å². The molecule has 121 valence electrons. The van der Waals surface area contributed by atoms with Gasteiger partial charge < -0.3 is 22.5 Å². The van der Waals surface area contributed by atoms with Crippen LogP contribution in [0.25, 0.3) is 0 Å². The summed E-state index contributed by atoms with van der Waals surface area (Å²) in [6, 6.07) is 8.40. The minimum absolute atomic E-state index is 0. The van der Waals surface area contributed by atoms with Crippen molar-refractivity contribution >= 4 is 5.97 Å². The van der Waals surface area contributed by atoms with Crippen LogP contribution in [0.1, 0.15) is 24.0 Å². The summed E-state index contributed by atoms with van der Waals surface area (Å²) in [6.07, 6.45) is 1.95. The Morgan fingerprint density at radius 3 is 2.41 bits per heavy atom. The Balaban J connectivity index is 0.00000220. The van der Waals surface area contributed by atoms with Crippen molar-refractivity contribution in [3.8, 4) is 0 Å². The molecule has 2 N–H and O–H groups in total. The first-order chi connectivity index (χ1) is 9.61. The average Bonchev–Trinajstić information content (AvgIpc) is 2.46. The van der Waals surface area contributed by atoms with E-state index in [0.717, 1.165) is 25.9 Å². The number of aliphatic hydroxyl groups is 1. The Bertz CT molecular complexity index is 459. The van der Waals surface area contributed by atoms with Gasteiger partial charge in [0.25, 0.3) is 0 Å². The molecule has 1 unspecified atom stereocenters. The summed E-state index contributed by atoms with van der Waals surface area (Å²) >= 11 is 0. The van der Waals surface area contributed by atoms with Crippen LogP contribution in [0.15, 0.2) is 24.3 Å². The largest absolute Gasteiger partial charge is 0.481 e. The van der Waals surface area contributed by atoms with E-state index < -0.39 is 11.9 Å². The molecule has 0 amide bonds. The maximum atomic E-state index is 10.9. The molecule has 5 heteroatoms. The molecule has 1 atom stereocenters. The summed E-state index contributed by atoms with van der Waals surface area (Å²) in [6.45, 7) is 4.01. The van der Waals surface area contributed by atoms with Gasteiger partial charge in [-0.1, -0.05) is 25.8 Å². The maximum Gasteiger partial charge on any atom is 0.310 e. The summed E-state index contributed by atoms with van der Waals surface area (Å²) in [5.41, 5.74) is 2.64. The fraction of sp³-hybridized carbons (Fsp3) is 0.471. The van der Waals surface area contributed by atoms with Crippen LogP contribution in [-0.2, 0) is 37.5 Å². The number of carbonyl (C=O) groups is 1. The van der Waals surface area contributed by atoms with Gasteiger partial charge in [0.1, 0.15) is 0 Å². The van der Waals surface area contributed by atoms with Crippen molar-refractivity contribution in [2.24, 2.45) is 5.92 Å². The number of benzene rings is 1. The molecule has 0 saturated carbocycles. The van der Waals surface area contributed by atoms with E-state index in [0.29, 0.717) is 6.54 Å². The summed E-state index contributed by atoms with van der Waals surface area (Å²) in [7, 11) is 0. The second-order valence-electron chi connectivity index (χ2n) is 5.44. The number of hydrogen-bond acceptors (Lipinski definition) is 3. The van der Waals surface area contributed by atoms with Gasteiger partial charge in [-0.3, -0.25) is 4.79 Å². The first-order valence-electron chi connectivity index (χ1n) is 7.08. The zero-order valence-electron chi connectivity index (χ0n) is 13.5. The molecule has 0 bridgehead atoms. The summed E-state index contributed by atoms with van der Waals surface area (Å²) < 4.78 is 0. The third kappa shape index (κ3) is 5.65. The smallest absolute Gasteiger partial charge is 0.310 e. The van der Waals surface area contributed by atoms with Crippen LogP contribution < -0.4 is 0 Å². The quantitative estimate of drug-likeness (QED) is 0.769. The van der Waals surface area contributed by atoms with Crippen molar-refractivity contribution in [1.82, 2.24) is 4.90 Å². The monoisotopic (exact) mass is 380 g/mol. The molecular formula is C17H25NO3Y-2. The standard InChI is InChI=1S/C16H22NO3.CH3.Y/c1-12-4-2-3-5-15(12)13-6-8-17(9-7-13)10-14(11-18)16(19)20;;/h2-5,14,18H,6-11H2,1H3,(H,19,20);1H3;/q2*-1;. The second-order valence-corrected chi connectivity index (χ2v) is 5.44. The van der Waals surface area contributed by atoms with E-state index in [1.54, 1.807) is 0 Å². The van der Waals surface area contributed by atoms with Crippen molar-refractivity contribution in [2.75, 3.05) is 26.2 Å². The Morgan fingerprint density at radius 2 is 1.91 bits per heavy atom. The van der Waals surface area contributed by atoms with Crippen LogP contribution in [-0.4, -0.2) is 47.3 Å². The molecule has 1 radical (unpaired) electrons. The van der Waals surface area contributed by atoms with Crippen LogP contribution in [0.2, 0.25) is 0 Å². The topological polar surface area (TPSA) is 60.8 Å². The number of aliphatic hydroxyl groups excluding tert-OH is 1. The average molecular weight is 380 g/mol. The Kier molecular flexibility index (Phi) is 10.2. The minimum atomic E-state index is -0.916. The normalized spacial score (nSPS) is 16.4. The molecule has 1 fully saturated rings. The SMILES string of the molecule is Cc1ccccc1[C-]1CCN(CC(CO)C(=O)O)CC1.[CH3-].[Y]. The number of carboxylic acids is 1. The van der Waals surface area contributed by atoms with Crippen molar-refractivity contribution in [3.05, 3.63) is 48.7 Å². The molecule has 0 spiro atoms. The number of nitrogens with zero attached hydrogens (tertiary/aromatic N) is 1. The molecule has 0 aliphatic carbocycles. The van der Waals surface area contributed by atoms with Crippen molar-refractivity contribution in [2.45, 2.75) is 19.8 Å². The predicted octanol–water partition coefficient (Wildman–Crippen LogP) is 2.15. The Hall–Kier alpha value is -0.416. The van der Waals surface area contributed by atoms with Crippen molar-refractivity contribution in [3.63, 3.8) is 0 Å². The zero-order valence-corrected chi connectivity index (χ0v) is 16.3. The van der Waals surface area contributed by atoms with Crippen LogP contribution >= 0.6 is 0 Å². The van der Waals surface area contributed by atoms with E-state index in [-0.39, 0.29) is 46.7 Å². The third-order valence-electron chi connectivity index (χ3n) is 4.03. The number of rotatable bonds is 5. The van der Waals surface area contributed by atoms with Gasteiger partial charge in [-0.25, -0.2) is 0 Å². The number of carboxylic acid groups (broad SMARTS) is 1. The van der Waals surface area contributed by atoms with Crippen molar-refractivity contribution in [1.29, 1.82) is 0 Å². The van der Waals surface area contributed by atoms with E-state index in [4.69, 9.17) is 10.2 Å². The summed E-state index contributed by atoms with van der Waals surface area (Å²) in [5, 5.41) is 18.1. The van der Waals surface area contributed by atoms with E-state index in [2.05, 4.69) is 30.0 Å². The third-order valence-corrected chi connectivity index (χ3v) is 4.03. The molecule has 1 aliphatic heterocycles.